The summed E-state index contributed by atoms with van der Waals surface area (Å²) in [7, 11) is 0. The van der Waals surface area contributed by atoms with Gasteiger partial charge in [-0.2, -0.15) is 10.2 Å². The van der Waals surface area contributed by atoms with Crippen LogP contribution in [0.3, 0.4) is 0 Å². The van der Waals surface area contributed by atoms with E-state index < -0.39 is 0 Å². The maximum absolute atomic E-state index is 12.4. The largest absolute Gasteiger partial charge is 0.325 e. The number of nitrogens with zero attached hydrogens (tertiary/aromatic N) is 5. The fourth-order valence-corrected chi connectivity index (χ4v) is 3.48. The van der Waals surface area contributed by atoms with Crippen LogP contribution in [0.5, 0.6) is 0 Å². The van der Waals surface area contributed by atoms with E-state index in [1.807, 2.05) is 78.2 Å². The summed E-state index contributed by atoms with van der Waals surface area (Å²) < 4.78 is 1.87. The number of carbonyl (C=O) groups excluding carboxylic acids is 1. The SMILES string of the molecule is Cc1ccc(-n2cnnc2SCC(=O)Nc2ccc(N=Nc3ccccc3)cc2)cc1. The summed E-state index contributed by atoms with van der Waals surface area (Å²) in [6.07, 6.45) is 1.65. The molecule has 31 heavy (non-hydrogen) atoms. The first-order valence-corrected chi connectivity index (χ1v) is 10.6. The predicted octanol–water partition coefficient (Wildman–Crippen LogP) is 5.72. The van der Waals surface area contributed by atoms with Gasteiger partial charge in [-0.15, -0.1) is 10.2 Å². The third-order valence-electron chi connectivity index (χ3n) is 4.35. The lowest BCUT2D eigenvalue weighted by Crippen LogP contribution is -2.14. The smallest absolute Gasteiger partial charge is 0.234 e. The molecule has 1 amide bonds. The molecule has 4 aromatic rings. The van der Waals surface area contributed by atoms with Gasteiger partial charge in [-0.05, 0) is 55.5 Å². The van der Waals surface area contributed by atoms with Crippen LogP contribution in [-0.4, -0.2) is 26.4 Å². The van der Waals surface area contributed by atoms with Crippen molar-refractivity contribution in [3.05, 3.63) is 90.8 Å². The second-order valence-electron chi connectivity index (χ2n) is 6.74. The quantitative estimate of drug-likeness (QED) is 0.301. The maximum atomic E-state index is 12.4. The standard InChI is InChI=1S/C23H20N6OS/c1-17-7-13-21(14-8-17)29-16-24-28-23(29)31-15-22(30)25-18-9-11-20(12-10-18)27-26-19-5-3-2-4-6-19/h2-14,16H,15H2,1H3,(H,25,30). The molecule has 0 aliphatic heterocycles. The number of hydrogen-bond donors (Lipinski definition) is 1. The van der Waals surface area contributed by atoms with E-state index in [1.54, 1.807) is 18.5 Å². The van der Waals surface area contributed by atoms with E-state index in [4.69, 9.17) is 0 Å². The average Bonchev–Trinajstić information content (AvgIpc) is 3.27. The van der Waals surface area contributed by atoms with Gasteiger partial charge >= 0.3 is 0 Å². The van der Waals surface area contributed by atoms with Crippen molar-refractivity contribution in [1.29, 1.82) is 0 Å². The van der Waals surface area contributed by atoms with Gasteiger partial charge in [0.1, 0.15) is 6.33 Å². The van der Waals surface area contributed by atoms with Gasteiger partial charge in [-0.25, -0.2) is 0 Å². The fourth-order valence-electron chi connectivity index (χ4n) is 2.75. The van der Waals surface area contributed by atoms with Crippen LogP contribution in [0.15, 0.2) is 101 Å². The predicted molar refractivity (Wildman–Crippen MR) is 123 cm³/mol. The van der Waals surface area contributed by atoms with E-state index in [0.29, 0.717) is 16.5 Å². The zero-order chi connectivity index (χ0) is 21.5. The van der Waals surface area contributed by atoms with Crippen LogP contribution in [0.2, 0.25) is 0 Å². The van der Waals surface area contributed by atoms with Crippen molar-refractivity contribution in [3.63, 3.8) is 0 Å². The minimum atomic E-state index is -0.123. The third-order valence-corrected chi connectivity index (χ3v) is 5.29. The van der Waals surface area contributed by atoms with Gasteiger partial charge < -0.3 is 5.32 Å². The van der Waals surface area contributed by atoms with Crippen molar-refractivity contribution in [1.82, 2.24) is 14.8 Å². The van der Waals surface area contributed by atoms with Gasteiger partial charge in [0.2, 0.25) is 5.91 Å². The van der Waals surface area contributed by atoms with E-state index in [1.165, 1.54) is 17.3 Å². The van der Waals surface area contributed by atoms with Crippen LogP contribution in [0.1, 0.15) is 5.56 Å². The van der Waals surface area contributed by atoms with Crippen molar-refractivity contribution < 1.29 is 4.79 Å². The molecule has 0 radical (unpaired) electrons. The molecule has 1 N–H and O–H groups in total. The Morgan fingerprint density at radius 1 is 0.935 bits per heavy atom. The van der Waals surface area contributed by atoms with Crippen LogP contribution in [0.25, 0.3) is 5.69 Å². The molecule has 8 heteroatoms. The topological polar surface area (TPSA) is 84.5 Å². The first-order valence-electron chi connectivity index (χ1n) is 9.64. The summed E-state index contributed by atoms with van der Waals surface area (Å²) >= 11 is 1.33. The summed E-state index contributed by atoms with van der Waals surface area (Å²) in [6.45, 7) is 2.04. The van der Waals surface area contributed by atoms with Crippen LogP contribution in [-0.2, 0) is 4.79 Å². The van der Waals surface area contributed by atoms with Gasteiger partial charge in [0.05, 0.1) is 17.1 Å². The molecule has 3 aromatic carbocycles. The molecule has 154 valence electrons. The molecule has 0 aliphatic carbocycles. The molecule has 1 aromatic heterocycles. The molecule has 0 spiro atoms. The summed E-state index contributed by atoms with van der Waals surface area (Å²) in [5.74, 6) is 0.0992. The van der Waals surface area contributed by atoms with Crippen LogP contribution < -0.4 is 5.32 Å². The Morgan fingerprint density at radius 3 is 2.32 bits per heavy atom. The number of hydrogen-bond acceptors (Lipinski definition) is 6. The first kappa shape index (κ1) is 20.5. The lowest BCUT2D eigenvalue weighted by atomic mass is 10.2. The summed E-state index contributed by atoms with van der Waals surface area (Å²) in [5, 5.41) is 20.0. The number of aryl methyl sites for hydroxylation is 1. The number of anilines is 1. The highest BCUT2D eigenvalue weighted by Crippen LogP contribution is 2.22. The van der Waals surface area contributed by atoms with Crippen LogP contribution in [0.4, 0.5) is 17.1 Å². The Bertz CT molecular complexity index is 1170. The van der Waals surface area contributed by atoms with E-state index in [2.05, 4.69) is 25.7 Å². The van der Waals surface area contributed by atoms with E-state index in [-0.39, 0.29) is 11.7 Å². The van der Waals surface area contributed by atoms with Gasteiger partial charge in [0.25, 0.3) is 0 Å². The molecule has 0 saturated heterocycles. The lowest BCUT2D eigenvalue weighted by Gasteiger charge is -2.07. The van der Waals surface area contributed by atoms with Gasteiger partial charge in [-0.1, -0.05) is 47.7 Å². The molecular weight excluding hydrogens is 408 g/mol. The monoisotopic (exact) mass is 428 g/mol. The number of benzene rings is 3. The van der Waals surface area contributed by atoms with Gasteiger partial charge in [0, 0.05) is 11.4 Å². The number of thioether (sulfide) groups is 1. The van der Waals surface area contributed by atoms with Crippen molar-refractivity contribution >= 4 is 34.7 Å². The minimum absolute atomic E-state index is 0.123. The van der Waals surface area contributed by atoms with Gasteiger partial charge in [0.15, 0.2) is 5.16 Å². The molecule has 0 bridgehead atoms. The number of carbonyl (C=O) groups is 1. The Balaban J connectivity index is 1.32. The lowest BCUT2D eigenvalue weighted by molar-refractivity contribution is -0.113. The molecule has 7 nitrogen and oxygen atoms in total. The normalized spacial score (nSPS) is 11.0. The molecule has 0 fully saturated rings. The van der Waals surface area contributed by atoms with E-state index >= 15 is 0 Å². The Morgan fingerprint density at radius 2 is 1.61 bits per heavy atom. The zero-order valence-electron chi connectivity index (χ0n) is 16.8. The second kappa shape index (κ2) is 9.82. The summed E-state index contributed by atoms with van der Waals surface area (Å²) in [5.41, 5.74) is 4.33. The Kier molecular flexibility index (Phi) is 6.49. The number of amides is 1. The second-order valence-corrected chi connectivity index (χ2v) is 7.68. The summed E-state index contributed by atoms with van der Waals surface area (Å²) in [6, 6.07) is 24.8. The molecule has 1 heterocycles. The molecule has 0 atom stereocenters. The Hall–Kier alpha value is -3.78. The van der Waals surface area contributed by atoms with Crippen molar-refractivity contribution in [2.75, 3.05) is 11.1 Å². The molecule has 0 unspecified atom stereocenters. The van der Waals surface area contributed by atoms with Crippen LogP contribution >= 0.6 is 11.8 Å². The number of rotatable bonds is 7. The highest BCUT2D eigenvalue weighted by molar-refractivity contribution is 7.99. The molecular formula is C23H20N6OS. The summed E-state index contributed by atoms with van der Waals surface area (Å²) in [4.78, 5) is 12.4. The maximum Gasteiger partial charge on any atom is 0.234 e. The zero-order valence-corrected chi connectivity index (χ0v) is 17.7. The van der Waals surface area contributed by atoms with Gasteiger partial charge in [-0.3, -0.25) is 9.36 Å². The fraction of sp³-hybridized carbons (Fsp3) is 0.0870. The molecule has 4 rings (SSSR count). The van der Waals surface area contributed by atoms with Crippen molar-refractivity contribution in [3.8, 4) is 5.69 Å². The number of aromatic nitrogens is 3. The van der Waals surface area contributed by atoms with E-state index in [9.17, 15) is 4.79 Å². The van der Waals surface area contributed by atoms with Crippen molar-refractivity contribution in [2.24, 2.45) is 10.2 Å². The number of azo groups is 1. The molecule has 0 aliphatic rings. The number of nitrogens with one attached hydrogen (secondary N) is 1. The molecule has 0 saturated carbocycles. The van der Waals surface area contributed by atoms with Crippen molar-refractivity contribution in [2.45, 2.75) is 12.1 Å². The van der Waals surface area contributed by atoms with Crippen LogP contribution in [0, 0.1) is 6.92 Å². The average molecular weight is 429 g/mol. The highest BCUT2D eigenvalue weighted by atomic mass is 32.2. The van der Waals surface area contributed by atoms with E-state index in [0.717, 1.165) is 11.4 Å². The Labute approximate surface area is 184 Å². The highest BCUT2D eigenvalue weighted by Gasteiger charge is 2.10. The third kappa shape index (κ3) is 5.64. The first-order chi connectivity index (χ1) is 15.2. The minimum Gasteiger partial charge on any atom is -0.325 e.